The number of imide groups is 1. The van der Waals surface area contributed by atoms with Crippen LogP contribution in [-0.4, -0.2) is 60.9 Å². The van der Waals surface area contributed by atoms with Crippen molar-refractivity contribution in [2.24, 2.45) is 11.8 Å². The number of anilines is 1. The molecule has 31 heavy (non-hydrogen) atoms. The van der Waals surface area contributed by atoms with Gasteiger partial charge in [0.1, 0.15) is 0 Å². The van der Waals surface area contributed by atoms with Crippen LogP contribution in [0.1, 0.15) is 44.1 Å². The normalized spacial score (nSPS) is 25.3. The fraction of sp³-hybridized carbons (Fsp3) is 0.652. The van der Waals surface area contributed by atoms with E-state index in [2.05, 4.69) is 4.90 Å². The minimum absolute atomic E-state index is 0.0319. The van der Waals surface area contributed by atoms with E-state index in [4.69, 9.17) is 0 Å². The third-order valence-corrected chi connectivity index (χ3v) is 6.95. The topological polar surface area (TPSA) is 43.9 Å². The minimum atomic E-state index is -4.33. The van der Waals surface area contributed by atoms with Crippen molar-refractivity contribution in [3.63, 3.8) is 0 Å². The predicted molar refractivity (Wildman–Crippen MR) is 111 cm³/mol. The summed E-state index contributed by atoms with van der Waals surface area (Å²) in [5.41, 5.74) is 0.000259. The Labute approximate surface area is 181 Å². The molecule has 2 aliphatic heterocycles. The Morgan fingerprint density at radius 2 is 1.48 bits per heavy atom. The predicted octanol–water partition coefficient (Wildman–Crippen LogP) is 3.78. The fourth-order valence-electron chi connectivity index (χ4n) is 5.17. The van der Waals surface area contributed by atoms with Gasteiger partial charge in [-0.15, -0.1) is 0 Å². The zero-order valence-corrected chi connectivity index (χ0v) is 17.7. The Hall–Kier alpha value is -2.09. The van der Waals surface area contributed by atoms with Gasteiger partial charge in [0.05, 0.1) is 17.4 Å². The third kappa shape index (κ3) is 4.89. The van der Waals surface area contributed by atoms with Crippen LogP contribution < -0.4 is 4.90 Å². The second-order valence-corrected chi connectivity index (χ2v) is 8.91. The number of halogens is 3. The molecule has 2 unspecified atom stereocenters. The van der Waals surface area contributed by atoms with Crippen LogP contribution in [-0.2, 0) is 15.8 Å². The van der Waals surface area contributed by atoms with Gasteiger partial charge in [0.15, 0.2) is 0 Å². The number of rotatable bonds is 6. The van der Waals surface area contributed by atoms with Gasteiger partial charge in [0, 0.05) is 38.4 Å². The lowest BCUT2D eigenvalue weighted by molar-refractivity contribution is -0.140. The molecule has 3 fully saturated rings. The summed E-state index contributed by atoms with van der Waals surface area (Å²) in [5.74, 6) is -0.0934. The van der Waals surface area contributed by atoms with Crippen LogP contribution in [0.25, 0.3) is 0 Å². The summed E-state index contributed by atoms with van der Waals surface area (Å²) < 4.78 is 38.8. The molecule has 0 bridgehead atoms. The minimum Gasteiger partial charge on any atom is -0.369 e. The first-order valence-electron chi connectivity index (χ1n) is 11.3. The van der Waals surface area contributed by atoms with Gasteiger partial charge in [-0.05, 0) is 50.4 Å². The molecule has 2 heterocycles. The maximum Gasteiger partial charge on any atom is 0.416 e. The molecule has 1 aromatic carbocycles. The molecular weight excluding hydrogens is 407 g/mol. The van der Waals surface area contributed by atoms with Crippen molar-refractivity contribution < 1.29 is 22.8 Å². The molecule has 8 heteroatoms. The summed E-state index contributed by atoms with van der Waals surface area (Å²) in [6, 6.07) is 5.51. The third-order valence-electron chi connectivity index (χ3n) is 6.95. The highest BCUT2D eigenvalue weighted by atomic mass is 19.4. The number of alkyl halides is 3. The Bertz CT molecular complexity index is 782. The van der Waals surface area contributed by atoms with E-state index in [9.17, 15) is 22.8 Å². The highest BCUT2D eigenvalue weighted by Gasteiger charge is 2.47. The fourth-order valence-corrected chi connectivity index (χ4v) is 5.17. The maximum absolute atomic E-state index is 12.9. The van der Waals surface area contributed by atoms with E-state index in [1.807, 2.05) is 4.90 Å². The second-order valence-electron chi connectivity index (χ2n) is 8.91. The lowest BCUT2D eigenvalue weighted by atomic mass is 9.81. The van der Waals surface area contributed by atoms with E-state index in [0.29, 0.717) is 25.3 Å². The zero-order chi connectivity index (χ0) is 22.0. The van der Waals surface area contributed by atoms with Gasteiger partial charge >= 0.3 is 6.18 Å². The molecule has 1 saturated carbocycles. The zero-order valence-electron chi connectivity index (χ0n) is 17.7. The van der Waals surface area contributed by atoms with Gasteiger partial charge in [-0.25, -0.2) is 0 Å². The van der Waals surface area contributed by atoms with Crippen molar-refractivity contribution in [2.75, 3.05) is 44.2 Å². The second kappa shape index (κ2) is 9.18. The number of carbonyl (C=O) groups is 2. The van der Waals surface area contributed by atoms with E-state index < -0.39 is 11.7 Å². The first kappa shape index (κ1) is 22.1. The van der Waals surface area contributed by atoms with Crippen LogP contribution in [0.4, 0.5) is 18.9 Å². The van der Waals surface area contributed by atoms with E-state index >= 15 is 0 Å². The van der Waals surface area contributed by atoms with E-state index in [-0.39, 0.29) is 23.7 Å². The lowest BCUT2D eigenvalue weighted by Crippen LogP contribution is -2.46. The van der Waals surface area contributed by atoms with Crippen molar-refractivity contribution in [1.29, 1.82) is 0 Å². The number of hydrogen-bond donors (Lipinski definition) is 0. The average molecular weight is 438 g/mol. The van der Waals surface area contributed by atoms with Crippen molar-refractivity contribution in [3.8, 4) is 0 Å². The molecule has 2 atom stereocenters. The molecule has 0 N–H and O–H groups in total. The molecular formula is C23H30F3N3O2. The number of likely N-dealkylation sites (tertiary alicyclic amines) is 1. The summed E-state index contributed by atoms with van der Waals surface area (Å²) >= 11 is 0. The van der Waals surface area contributed by atoms with Crippen LogP contribution in [0.3, 0.4) is 0 Å². The molecule has 0 spiro atoms. The molecule has 4 rings (SSSR count). The molecule has 0 radical (unpaired) electrons. The van der Waals surface area contributed by atoms with Gasteiger partial charge in [-0.2, -0.15) is 13.2 Å². The highest BCUT2D eigenvalue weighted by Crippen LogP contribution is 2.38. The number of fused-ring (bicyclic) bond motifs is 1. The molecule has 2 amide bonds. The summed E-state index contributed by atoms with van der Waals surface area (Å²) in [5, 5.41) is 0. The Balaban J connectivity index is 1.19. The highest BCUT2D eigenvalue weighted by molar-refractivity contribution is 6.05. The molecule has 3 aliphatic rings. The monoisotopic (exact) mass is 437 g/mol. The Morgan fingerprint density at radius 1 is 0.871 bits per heavy atom. The van der Waals surface area contributed by atoms with E-state index in [0.717, 1.165) is 64.2 Å². The summed E-state index contributed by atoms with van der Waals surface area (Å²) in [4.78, 5) is 30.8. The number of unbranched alkanes of at least 4 members (excludes halogenated alkanes) is 1. The van der Waals surface area contributed by atoms with Crippen LogP contribution in [0.5, 0.6) is 0 Å². The summed E-state index contributed by atoms with van der Waals surface area (Å²) in [7, 11) is 0. The van der Waals surface area contributed by atoms with E-state index in [1.54, 1.807) is 6.07 Å². The van der Waals surface area contributed by atoms with Gasteiger partial charge in [-0.3, -0.25) is 19.4 Å². The molecule has 2 saturated heterocycles. The number of amides is 2. The van der Waals surface area contributed by atoms with Crippen LogP contribution in [0.2, 0.25) is 0 Å². The van der Waals surface area contributed by atoms with Crippen LogP contribution in [0.15, 0.2) is 24.3 Å². The molecule has 1 aromatic rings. The number of hydrogen-bond acceptors (Lipinski definition) is 4. The van der Waals surface area contributed by atoms with Crippen LogP contribution in [0, 0.1) is 11.8 Å². The number of nitrogens with zero attached hydrogens (tertiary/aromatic N) is 3. The summed E-state index contributed by atoms with van der Waals surface area (Å²) in [6.07, 6.45) is 1.15. The molecule has 0 aromatic heterocycles. The van der Waals surface area contributed by atoms with Crippen molar-refractivity contribution in [3.05, 3.63) is 29.8 Å². The first-order valence-corrected chi connectivity index (χ1v) is 11.3. The SMILES string of the molecule is O=C1C2CCCCC2C(=O)N1CCCCN1CCN(c2cccc(C(F)(F)F)c2)CC1. The largest absolute Gasteiger partial charge is 0.416 e. The van der Waals surface area contributed by atoms with Crippen molar-refractivity contribution in [2.45, 2.75) is 44.7 Å². The molecule has 5 nitrogen and oxygen atoms in total. The lowest BCUT2D eigenvalue weighted by Gasteiger charge is -2.36. The Kier molecular flexibility index (Phi) is 6.55. The van der Waals surface area contributed by atoms with Crippen molar-refractivity contribution >= 4 is 17.5 Å². The van der Waals surface area contributed by atoms with E-state index in [1.165, 1.54) is 17.0 Å². The number of piperazine rings is 1. The van der Waals surface area contributed by atoms with Gasteiger partial charge < -0.3 is 4.90 Å². The standard InChI is InChI=1S/C23H30F3N3O2/c24-23(25,26)17-6-5-7-18(16-17)28-14-12-27(13-15-28)10-3-4-11-29-21(30)19-8-1-2-9-20(19)22(29)31/h5-7,16,19-20H,1-4,8-15H2. The number of carbonyl (C=O) groups excluding carboxylic acids is 2. The van der Waals surface area contributed by atoms with Gasteiger partial charge in [0.2, 0.25) is 11.8 Å². The first-order chi connectivity index (χ1) is 14.8. The summed E-state index contributed by atoms with van der Waals surface area (Å²) in [6.45, 7) is 4.35. The smallest absolute Gasteiger partial charge is 0.369 e. The average Bonchev–Trinajstić information content (AvgIpc) is 3.01. The van der Waals surface area contributed by atoms with Gasteiger partial charge in [-0.1, -0.05) is 18.9 Å². The number of benzene rings is 1. The Morgan fingerprint density at radius 3 is 2.10 bits per heavy atom. The molecule has 1 aliphatic carbocycles. The van der Waals surface area contributed by atoms with Crippen molar-refractivity contribution in [1.82, 2.24) is 9.80 Å². The van der Waals surface area contributed by atoms with Gasteiger partial charge in [0.25, 0.3) is 0 Å². The maximum atomic E-state index is 12.9. The van der Waals surface area contributed by atoms with Crippen LogP contribution >= 0.6 is 0 Å². The quantitative estimate of drug-likeness (QED) is 0.502. The molecule has 170 valence electrons.